The highest BCUT2D eigenvalue weighted by atomic mass is 16.6. The molecule has 0 aliphatic rings. The maximum absolute atomic E-state index is 5.31. The summed E-state index contributed by atoms with van der Waals surface area (Å²) in [6.45, 7) is 6.11. The molecule has 0 spiro atoms. The van der Waals surface area contributed by atoms with Crippen molar-refractivity contribution in [2.45, 2.75) is 32.9 Å². The van der Waals surface area contributed by atoms with Crippen LogP contribution >= 0.6 is 0 Å². The molecule has 0 aromatic carbocycles. The summed E-state index contributed by atoms with van der Waals surface area (Å²) in [6, 6.07) is 0.433. The maximum atomic E-state index is 5.31. The van der Waals surface area contributed by atoms with Gasteiger partial charge in [-0.3, -0.25) is 0 Å². The molecule has 5 nitrogen and oxygen atoms in total. The van der Waals surface area contributed by atoms with Crippen molar-refractivity contribution in [3.05, 3.63) is 12.0 Å². The standard InChI is InChI=1S/C11H20N2O3/c1-9(2)12-7-10-8-16-11(13-10)15-6-4-5-14-3/h8-9,12H,4-7H2,1-3H3. The van der Waals surface area contributed by atoms with E-state index in [4.69, 9.17) is 13.9 Å². The van der Waals surface area contributed by atoms with Crippen molar-refractivity contribution in [2.75, 3.05) is 20.3 Å². The van der Waals surface area contributed by atoms with E-state index in [1.807, 2.05) is 0 Å². The molecule has 0 radical (unpaired) electrons. The molecule has 1 aromatic heterocycles. The fourth-order valence-electron chi connectivity index (χ4n) is 1.11. The molecule has 0 fully saturated rings. The largest absolute Gasteiger partial charge is 0.450 e. The van der Waals surface area contributed by atoms with Gasteiger partial charge in [-0.1, -0.05) is 13.8 Å². The summed E-state index contributed by atoms with van der Waals surface area (Å²) in [7, 11) is 1.67. The molecule has 92 valence electrons. The lowest BCUT2D eigenvalue weighted by Crippen LogP contribution is -2.21. The zero-order chi connectivity index (χ0) is 11.8. The first-order chi connectivity index (χ1) is 7.72. The molecule has 0 saturated heterocycles. The summed E-state index contributed by atoms with van der Waals surface area (Å²) in [5, 5.41) is 3.25. The highest BCUT2D eigenvalue weighted by molar-refractivity contribution is 4.99. The molecule has 1 aromatic rings. The summed E-state index contributed by atoms with van der Waals surface area (Å²) in [5.41, 5.74) is 0.857. The van der Waals surface area contributed by atoms with Crippen molar-refractivity contribution < 1.29 is 13.9 Å². The number of methoxy groups -OCH3 is 1. The van der Waals surface area contributed by atoms with Crippen molar-refractivity contribution in [2.24, 2.45) is 0 Å². The molecule has 1 heterocycles. The van der Waals surface area contributed by atoms with Crippen LogP contribution in [0.1, 0.15) is 26.0 Å². The van der Waals surface area contributed by atoms with Gasteiger partial charge in [0.15, 0.2) is 0 Å². The highest BCUT2D eigenvalue weighted by Gasteiger charge is 2.04. The van der Waals surface area contributed by atoms with Crippen molar-refractivity contribution >= 4 is 0 Å². The molecule has 1 rings (SSSR count). The predicted molar refractivity (Wildman–Crippen MR) is 60.5 cm³/mol. The van der Waals surface area contributed by atoms with Crippen LogP contribution in [0.15, 0.2) is 10.7 Å². The van der Waals surface area contributed by atoms with Crippen LogP contribution in [0, 0.1) is 0 Å². The van der Waals surface area contributed by atoms with Gasteiger partial charge in [0, 0.05) is 32.7 Å². The Morgan fingerprint density at radius 2 is 2.25 bits per heavy atom. The summed E-state index contributed by atoms with van der Waals surface area (Å²) in [5.74, 6) is 0. The number of hydrogen-bond donors (Lipinski definition) is 1. The molecule has 0 unspecified atom stereocenters. The third kappa shape index (κ3) is 5.14. The second kappa shape index (κ2) is 7.24. The molecule has 0 amide bonds. The average Bonchev–Trinajstić information content (AvgIpc) is 2.70. The van der Waals surface area contributed by atoms with Crippen molar-refractivity contribution in [1.82, 2.24) is 10.3 Å². The number of oxazole rings is 1. The molecule has 1 N–H and O–H groups in total. The zero-order valence-electron chi connectivity index (χ0n) is 10.2. The Morgan fingerprint density at radius 1 is 1.44 bits per heavy atom. The van der Waals surface area contributed by atoms with Crippen molar-refractivity contribution in [1.29, 1.82) is 0 Å². The first-order valence-corrected chi connectivity index (χ1v) is 5.52. The van der Waals surface area contributed by atoms with Crippen LogP contribution in [0.2, 0.25) is 0 Å². The molecule has 16 heavy (non-hydrogen) atoms. The van der Waals surface area contributed by atoms with Crippen molar-refractivity contribution in [3.8, 4) is 6.08 Å². The zero-order valence-corrected chi connectivity index (χ0v) is 10.2. The van der Waals surface area contributed by atoms with Crippen LogP contribution in [0.25, 0.3) is 0 Å². The fraction of sp³-hybridized carbons (Fsp3) is 0.727. The predicted octanol–water partition coefficient (Wildman–Crippen LogP) is 1.59. The van der Waals surface area contributed by atoms with Crippen molar-refractivity contribution in [3.63, 3.8) is 0 Å². The summed E-state index contributed by atoms with van der Waals surface area (Å²) >= 11 is 0. The summed E-state index contributed by atoms with van der Waals surface area (Å²) in [6.07, 6.45) is 2.77. The van der Waals surface area contributed by atoms with E-state index in [0.29, 0.717) is 31.9 Å². The van der Waals surface area contributed by atoms with Gasteiger partial charge in [-0.2, -0.15) is 4.98 Å². The Labute approximate surface area is 96.1 Å². The smallest absolute Gasteiger partial charge is 0.393 e. The fourth-order valence-corrected chi connectivity index (χ4v) is 1.11. The molecule has 0 aliphatic carbocycles. The molecular weight excluding hydrogens is 208 g/mol. The molecule has 5 heteroatoms. The van der Waals surface area contributed by atoms with Crippen LogP contribution in [-0.4, -0.2) is 31.3 Å². The van der Waals surface area contributed by atoms with Gasteiger partial charge in [-0.25, -0.2) is 0 Å². The lowest BCUT2D eigenvalue weighted by molar-refractivity contribution is 0.157. The first-order valence-electron chi connectivity index (χ1n) is 5.52. The van der Waals surface area contributed by atoms with E-state index in [0.717, 1.165) is 12.1 Å². The van der Waals surface area contributed by atoms with Gasteiger partial charge in [-0.05, 0) is 0 Å². The minimum Gasteiger partial charge on any atom is -0.450 e. The number of hydrogen-bond acceptors (Lipinski definition) is 5. The second-order valence-corrected chi connectivity index (χ2v) is 3.84. The van der Waals surface area contributed by atoms with E-state index in [2.05, 4.69) is 24.1 Å². The van der Waals surface area contributed by atoms with Crippen LogP contribution in [-0.2, 0) is 11.3 Å². The monoisotopic (exact) mass is 228 g/mol. The van der Waals surface area contributed by atoms with Crippen LogP contribution in [0.3, 0.4) is 0 Å². The molecule has 0 atom stereocenters. The van der Waals surface area contributed by atoms with Gasteiger partial charge in [0.2, 0.25) is 0 Å². The highest BCUT2D eigenvalue weighted by Crippen LogP contribution is 2.10. The molecular formula is C11H20N2O3. The Balaban J connectivity index is 2.22. The van der Waals surface area contributed by atoms with Crippen LogP contribution in [0.4, 0.5) is 0 Å². The Kier molecular flexibility index (Phi) is 5.88. The van der Waals surface area contributed by atoms with Gasteiger partial charge in [0.05, 0.1) is 12.3 Å². The number of nitrogens with one attached hydrogen (secondary N) is 1. The topological polar surface area (TPSA) is 56.5 Å². The summed E-state index contributed by atoms with van der Waals surface area (Å²) in [4.78, 5) is 4.19. The van der Waals surface area contributed by atoms with Gasteiger partial charge < -0.3 is 19.2 Å². The number of nitrogens with zero attached hydrogens (tertiary/aromatic N) is 1. The number of rotatable bonds is 8. The molecule has 0 aliphatic heterocycles. The third-order valence-corrected chi connectivity index (χ3v) is 1.94. The Morgan fingerprint density at radius 3 is 2.94 bits per heavy atom. The van der Waals surface area contributed by atoms with E-state index in [9.17, 15) is 0 Å². The van der Waals surface area contributed by atoms with Gasteiger partial charge in [0.25, 0.3) is 0 Å². The molecule has 0 saturated carbocycles. The van der Waals surface area contributed by atoms with E-state index in [1.165, 1.54) is 0 Å². The van der Waals surface area contributed by atoms with E-state index in [1.54, 1.807) is 13.4 Å². The lowest BCUT2D eigenvalue weighted by Gasteiger charge is -2.04. The maximum Gasteiger partial charge on any atom is 0.393 e. The van der Waals surface area contributed by atoms with Gasteiger partial charge in [-0.15, -0.1) is 0 Å². The van der Waals surface area contributed by atoms with Crippen LogP contribution < -0.4 is 10.1 Å². The normalized spacial score (nSPS) is 11.0. The van der Waals surface area contributed by atoms with E-state index in [-0.39, 0.29) is 0 Å². The quantitative estimate of drug-likeness (QED) is 0.685. The second-order valence-electron chi connectivity index (χ2n) is 3.84. The number of ether oxygens (including phenoxy) is 2. The van der Waals surface area contributed by atoms with Crippen LogP contribution in [0.5, 0.6) is 6.08 Å². The summed E-state index contributed by atoms with van der Waals surface area (Å²) < 4.78 is 15.4. The van der Waals surface area contributed by atoms with Gasteiger partial charge >= 0.3 is 6.08 Å². The third-order valence-electron chi connectivity index (χ3n) is 1.94. The minimum atomic E-state index is 0.330. The average molecular weight is 228 g/mol. The SMILES string of the molecule is COCCCOc1nc(CNC(C)C)co1. The number of aromatic nitrogens is 1. The van der Waals surface area contributed by atoms with Gasteiger partial charge in [0.1, 0.15) is 6.26 Å². The van der Waals surface area contributed by atoms with E-state index < -0.39 is 0 Å². The Hall–Kier alpha value is -1.07. The minimum absolute atomic E-state index is 0.330. The molecule has 0 bridgehead atoms. The lowest BCUT2D eigenvalue weighted by atomic mass is 10.4. The Bertz CT molecular complexity index is 287. The first kappa shape index (κ1) is 13.0. The van der Waals surface area contributed by atoms with E-state index >= 15 is 0 Å².